The molecule has 1 aliphatic rings. The Morgan fingerprint density at radius 2 is 1.84 bits per heavy atom. The van der Waals surface area contributed by atoms with Crippen LogP contribution in [0.4, 0.5) is 10.1 Å². The summed E-state index contributed by atoms with van der Waals surface area (Å²) in [7, 11) is 3.99. The van der Waals surface area contributed by atoms with Crippen molar-refractivity contribution in [1.29, 1.82) is 0 Å². The van der Waals surface area contributed by atoms with Crippen molar-refractivity contribution in [3.8, 4) is 0 Å². The van der Waals surface area contributed by atoms with Crippen LogP contribution in [-0.4, -0.2) is 85.2 Å². The molecule has 0 bridgehead atoms. The van der Waals surface area contributed by atoms with Gasteiger partial charge in [-0.25, -0.2) is 4.39 Å². The van der Waals surface area contributed by atoms with Gasteiger partial charge in [-0.05, 0) is 69.6 Å². The SMILES string of the molecule is Cc1ccc(C(=O)N(CCN(C)C)CC2CN(C(=S)Nc3ccc(F)cc3)CCO2)cc1. The molecule has 1 N–H and O–H groups in total. The summed E-state index contributed by atoms with van der Waals surface area (Å²) < 4.78 is 19.1. The molecule has 0 aliphatic carbocycles. The van der Waals surface area contributed by atoms with Gasteiger partial charge in [-0.1, -0.05) is 17.7 Å². The molecule has 0 spiro atoms. The lowest BCUT2D eigenvalue weighted by molar-refractivity contribution is -0.0208. The van der Waals surface area contributed by atoms with Crippen LogP contribution in [0.25, 0.3) is 0 Å². The lowest BCUT2D eigenvalue weighted by atomic mass is 10.1. The number of rotatable bonds is 7. The summed E-state index contributed by atoms with van der Waals surface area (Å²) in [4.78, 5) is 19.1. The van der Waals surface area contributed by atoms with Crippen molar-refractivity contribution in [2.24, 2.45) is 0 Å². The molecule has 1 unspecified atom stereocenters. The molecule has 6 nitrogen and oxygen atoms in total. The number of amides is 1. The van der Waals surface area contributed by atoms with Gasteiger partial charge < -0.3 is 24.8 Å². The van der Waals surface area contributed by atoms with Crippen molar-refractivity contribution >= 4 is 28.9 Å². The quantitative estimate of drug-likeness (QED) is 0.643. The van der Waals surface area contributed by atoms with E-state index < -0.39 is 0 Å². The van der Waals surface area contributed by atoms with Crippen LogP contribution >= 0.6 is 12.2 Å². The second kappa shape index (κ2) is 11.4. The van der Waals surface area contributed by atoms with Crippen molar-refractivity contribution in [2.45, 2.75) is 13.0 Å². The molecule has 2 aromatic rings. The number of nitrogens with one attached hydrogen (secondary N) is 1. The third kappa shape index (κ3) is 6.98. The van der Waals surface area contributed by atoms with Gasteiger partial charge in [0.1, 0.15) is 5.82 Å². The number of morpholine rings is 1. The zero-order chi connectivity index (χ0) is 23.1. The van der Waals surface area contributed by atoms with Gasteiger partial charge in [0.2, 0.25) is 0 Å². The number of carbonyl (C=O) groups excluding carboxylic acids is 1. The molecule has 8 heteroatoms. The number of nitrogens with zero attached hydrogens (tertiary/aromatic N) is 3. The number of hydrogen-bond donors (Lipinski definition) is 1. The standard InChI is InChI=1S/C24H31FN4O2S/c1-18-4-6-19(7-5-18)23(30)28(13-12-27(2)3)16-22-17-29(14-15-31-22)24(32)26-21-10-8-20(25)9-11-21/h4-11,22H,12-17H2,1-3H3,(H,26,32). The molecular formula is C24H31FN4O2S. The van der Waals surface area contributed by atoms with Crippen LogP contribution in [0.5, 0.6) is 0 Å². The Kier molecular flexibility index (Phi) is 8.55. The minimum Gasteiger partial charge on any atom is -0.373 e. The summed E-state index contributed by atoms with van der Waals surface area (Å²) in [5.74, 6) is -0.288. The van der Waals surface area contributed by atoms with Crippen LogP contribution in [-0.2, 0) is 4.74 Å². The first-order valence-corrected chi connectivity index (χ1v) is 11.2. The van der Waals surface area contributed by atoms with Crippen molar-refractivity contribution in [3.63, 3.8) is 0 Å². The van der Waals surface area contributed by atoms with Crippen molar-refractivity contribution < 1.29 is 13.9 Å². The Labute approximate surface area is 194 Å². The number of benzene rings is 2. The van der Waals surface area contributed by atoms with Gasteiger partial charge in [-0.15, -0.1) is 0 Å². The molecule has 1 amide bonds. The van der Waals surface area contributed by atoms with Gasteiger partial charge in [0.25, 0.3) is 5.91 Å². The van der Waals surface area contributed by atoms with Crippen molar-refractivity contribution in [3.05, 3.63) is 65.5 Å². The monoisotopic (exact) mass is 458 g/mol. The highest BCUT2D eigenvalue weighted by atomic mass is 32.1. The van der Waals surface area contributed by atoms with Crippen LogP contribution in [0.2, 0.25) is 0 Å². The summed E-state index contributed by atoms with van der Waals surface area (Å²) >= 11 is 5.56. The van der Waals surface area contributed by atoms with E-state index in [1.54, 1.807) is 12.1 Å². The number of halogens is 1. The summed E-state index contributed by atoms with van der Waals surface area (Å²) in [6.45, 7) is 5.62. The summed E-state index contributed by atoms with van der Waals surface area (Å²) in [5, 5.41) is 3.72. The van der Waals surface area contributed by atoms with E-state index in [1.807, 2.05) is 55.1 Å². The highest BCUT2D eigenvalue weighted by molar-refractivity contribution is 7.80. The van der Waals surface area contributed by atoms with Gasteiger partial charge in [0.15, 0.2) is 5.11 Å². The van der Waals surface area contributed by atoms with Gasteiger partial charge in [-0.3, -0.25) is 4.79 Å². The van der Waals surface area contributed by atoms with Crippen molar-refractivity contribution in [1.82, 2.24) is 14.7 Å². The predicted octanol–water partition coefficient (Wildman–Crippen LogP) is 3.24. The summed E-state index contributed by atoms with van der Waals surface area (Å²) in [6.07, 6.45) is -0.159. The van der Waals surface area contributed by atoms with Crippen LogP contribution in [0, 0.1) is 12.7 Å². The van der Waals surface area contributed by atoms with E-state index in [9.17, 15) is 9.18 Å². The molecule has 1 aliphatic heterocycles. The number of thiocarbonyl (C=S) groups is 1. The number of ether oxygens (including phenoxy) is 1. The lowest BCUT2D eigenvalue weighted by Crippen LogP contribution is -2.52. The normalized spacial score (nSPS) is 16.2. The molecule has 3 rings (SSSR count). The number of likely N-dealkylation sites (N-methyl/N-ethyl adjacent to an activating group) is 1. The molecule has 0 aromatic heterocycles. The molecule has 32 heavy (non-hydrogen) atoms. The van der Waals surface area contributed by atoms with Crippen LogP contribution in [0.1, 0.15) is 15.9 Å². The Morgan fingerprint density at radius 3 is 2.50 bits per heavy atom. The molecule has 0 radical (unpaired) electrons. The molecular weight excluding hydrogens is 427 g/mol. The number of carbonyl (C=O) groups is 1. The van der Waals surface area contributed by atoms with Crippen LogP contribution < -0.4 is 5.32 Å². The fraction of sp³-hybridized carbons (Fsp3) is 0.417. The van der Waals surface area contributed by atoms with E-state index in [0.29, 0.717) is 43.5 Å². The second-order valence-electron chi connectivity index (χ2n) is 8.30. The fourth-order valence-corrected chi connectivity index (χ4v) is 3.75. The average molecular weight is 459 g/mol. The Morgan fingerprint density at radius 1 is 1.16 bits per heavy atom. The van der Waals surface area contributed by atoms with E-state index in [4.69, 9.17) is 17.0 Å². The molecule has 1 atom stereocenters. The molecule has 1 fully saturated rings. The maximum atomic E-state index is 13.2. The Balaban J connectivity index is 1.64. The first kappa shape index (κ1) is 24.1. The van der Waals surface area contributed by atoms with E-state index in [2.05, 4.69) is 10.2 Å². The van der Waals surface area contributed by atoms with Gasteiger partial charge in [-0.2, -0.15) is 0 Å². The lowest BCUT2D eigenvalue weighted by Gasteiger charge is -2.37. The highest BCUT2D eigenvalue weighted by Gasteiger charge is 2.27. The topological polar surface area (TPSA) is 48.1 Å². The molecule has 1 heterocycles. The van der Waals surface area contributed by atoms with Crippen LogP contribution in [0.3, 0.4) is 0 Å². The maximum absolute atomic E-state index is 13.2. The summed E-state index contributed by atoms with van der Waals surface area (Å²) in [6, 6.07) is 13.8. The van der Waals surface area contributed by atoms with E-state index in [1.165, 1.54) is 12.1 Å². The zero-order valence-electron chi connectivity index (χ0n) is 18.9. The number of hydrogen-bond acceptors (Lipinski definition) is 4. The Bertz CT molecular complexity index is 905. The first-order chi connectivity index (χ1) is 15.3. The largest absolute Gasteiger partial charge is 0.373 e. The molecule has 172 valence electrons. The van der Waals surface area contributed by atoms with Gasteiger partial charge >= 0.3 is 0 Å². The Hall–Kier alpha value is -2.55. The van der Waals surface area contributed by atoms with Crippen molar-refractivity contribution in [2.75, 3.05) is 58.7 Å². The van der Waals surface area contributed by atoms with Crippen LogP contribution in [0.15, 0.2) is 48.5 Å². The predicted molar refractivity (Wildman–Crippen MR) is 130 cm³/mol. The minimum absolute atomic E-state index is 0.000382. The molecule has 2 aromatic carbocycles. The zero-order valence-corrected chi connectivity index (χ0v) is 19.7. The third-order valence-electron chi connectivity index (χ3n) is 5.35. The summed E-state index contributed by atoms with van der Waals surface area (Å²) in [5.41, 5.74) is 2.53. The average Bonchev–Trinajstić information content (AvgIpc) is 2.78. The van der Waals surface area contributed by atoms with E-state index in [0.717, 1.165) is 17.8 Å². The third-order valence-corrected chi connectivity index (χ3v) is 5.71. The van der Waals surface area contributed by atoms with Gasteiger partial charge in [0, 0.05) is 44.0 Å². The maximum Gasteiger partial charge on any atom is 0.253 e. The highest BCUT2D eigenvalue weighted by Crippen LogP contribution is 2.14. The first-order valence-electron chi connectivity index (χ1n) is 10.8. The number of aryl methyl sites for hydroxylation is 1. The number of anilines is 1. The molecule has 0 saturated carbocycles. The smallest absolute Gasteiger partial charge is 0.253 e. The molecule has 1 saturated heterocycles. The van der Waals surface area contributed by atoms with Gasteiger partial charge in [0.05, 0.1) is 12.7 Å². The fourth-order valence-electron chi connectivity index (χ4n) is 3.47. The van der Waals surface area contributed by atoms with E-state index in [-0.39, 0.29) is 17.8 Å². The minimum atomic E-state index is -0.288. The van der Waals surface area contributed by atoms with E-state index >= 15 is 0 Å². The second-order valence-corrected chi connectivity index (χ2v) is 8.68.